The van der Waals surface area contributed by atoms with E-state index >= 15 is 0 Å². The third-order valence-corrected chi connectivity index (χ3v) is 2.42. The third-order valence-electron chi connectivity index (χ3n) is 2.42. The van der Waals surface area contributed by atoms with Crippen molar-refractivity contribution in [3.63, 3.8) is 0 Å². The van der Waals surface area contributed by atoms with Crippen molar-refractivity contribution in [2.75, 3.05) is 0 Å². The second kappa shape index (κ2) is 7.96. The van der Waals surface area contributed by atoms with Gasteiger partial charge in [0, 0.05) is 23.3 Å². The van der Waals surface area contributed by atoms with Crippen molar-refractivity contribution in [2.45, 2.75) is 0 Å². The lowest BCUT2D eigenvalue weighted by Crippen LogP contribution is -1.87. The molecule has 104 valence electrons. The summed E-state index contributed by atoms with van der Waals surface area (Å²) >= 11 is 0. The molecule has 0 aliphatic carbocycles. The minimum atomic E-state index is -0.505. The standard InChI is InChI=1S/C8H5NO.C7H5NO3/c9-5-7-1-3-8(6-10)4-2-7;9-5-6-1-3-7(4-2-6)8(10)11/h1-4,6H;1-5H. The number of aldehydes is 2. The van der Waals surface area contributed by atoms with Crippen LogP contribution in [-0.4, -0.2) is 17.5 Å². The van der Waals surface area contributed by atoms with Crippen molar-refractivity contribution in [1.82, 2.24) is 0 Å². The molecule has 0 unspecified atom stereocenters. The number of hydrogen-bond acceptors (Lipinski definition) is 5. The minimum absolute atomic E-state index is 0.00407. The zero-order valence-electron chi connectivity index (χ0n) is 10.8. The molecule has 0 saturated carbocycles. The van der Waals surface area contributed by atoms with E-state index in [0.717, 1.165) is 6.29 Å². The first-order valence-corrected chi connectivity index (χ1v) is 5.75. The fourth-order valence-corrected chi connectivity index (χ4v) is 1.31. The van der Waals surface area contributed by atoms with Crippen molar-refractivity contribution < 1.29 is 14.5 Å². The van der Waals surface area contributed by atoms with E-state index in [-0.39, 0.29) is 5.69 Å². The van der Waals surface area contributed by atoms with Crippen LogP contribution in [0, 0.1) is 21.4 Å². The van der Waals surface area contributed by atoms with Gasteiger partial charge in [0.15, 0.2) is 0 Å². The Morgan fingerprint density at radius 1 is 0.905 bits per heavy atom. The lowest BCUT2D eigenvalue weighted by atomic mass is 10.2. The van der Waals surface area contributed by atoms with Crippen molar-refractivity contribution >= 4 is 18.3 Å². The summed E-state index contributed by atoms with van der Waals surface area (Å²) in [5.74, 6) is 0. The predicted octanol–water partition coefficient (Wildman–Crippen LogP) is 2.78. The fourth-order valence-electron chi connectivity index (χ4n) is 1.31. The van der Waals surface area contributed by atoms with Crippen LogP contribution in [-0.2, 0) is 0 Å². The molecule has 0 amide bonds. The van der Waals surface area contributed by atoms with Crippen LogP contribution in [0.25, 0.3) is 0 Å². The molecule has 6 heteroatoms. The number of nitro groups is 1. The first-order chi connectivity index (χ1) is 10.1. The van der Waals surface area contributed by atoms with E-state index in [1.807, 2.05) is 6.07 Å². The van der Waals surface area contributed by atoms with E-state index in [1.165, 1.54) is 24.3 Å². The van der Waals surface area contributed by atoms with Crippen LogP contribution in [0.3, 0.4) is 0 Å². The molecule has 0 heterocycles. The normalized spacial score (nSPS) is 8.71. The maximum absolute atomic E-state index is 10.1. The summed E-state index contributed by atoms with van der Waals surface area (Å²) in [6.07, 6.45) is 1.39. The highest BCUT2D eigenvalue weighted by atomic mass is 16.6. The summed E-state index contributed by atoms with van der Waals surface area (Å²) in [4.78, 5) is 29.9. The molecule has 0 atom stereocenters. The average Bonchev–Trinajstić information content (AvgIpc) is 2.55. The number of nitriles is 1. The Kier molecular flexibility index (Phi) is 5.96. The summed E-state index contributed by atoms with van der Waals surface area (Å²) in [6, 6.07) is 13.8. The fraction of sp³-hybridized carbons (Fsp3) is 0. The Morgan fingerprint density at radius 2 is 1.33 bits per heavy atom. The van der Waals surface area contributed by atoms with Crippen LogP contribution in [0.2, 0.25) is 0 Å². The van der Waals surface area contributed by atoms with Gasteiger partial charge in [0.1, 0.15) is 12.6 Å². The predicted molar refractivity (Wildman–Crippen MR) is 75.0 cm³/mol. The van der Waals surface area contributed by atoms with Gasteiger partial charge in [-0.3, -0.25) is 19.7 Å². The molecule has 2 aromatic carbocycles. The van der Waals surface area contributed by atoms with Gasteiger partial charge in [-0.15, -0.1) is 0 Å². The van der Waals surface area contributed by atoms with E-state index in [1.54, 1.807) is 24.3 Å². The lowest BCUT2D eigenvalue weighted by molar-refractivity contribution is -0.384. The molecule has 0 aromatic heterocycles. The molecular formula is C15H10N2O4. The summed E-state index contributed by atoms with van der Waals surface area (Å²) in [6.45, 7) is 0. The molecule has 0 radical (unpaired) electrons. The molecule has 0 spiro atoms. The second-order valence-corrected chi connectivity index (χ2v) is 3.82. The molecule has 0 N–H and O–H groups in total. The van der Waals surface area contributed by atoms with Crippen molar-refractivity contribution in [2.24, 2.45) is 0 Å². The van der Waals surface area contributed by atoms with E-state index in [2.05, 4.69) is 0 Å². The molecule has 0 aliphatic rings. The van der Waals surface area contributed by atoms with E-state index in [0.29, 0.717) is 23.0 Å². The zero-order chi connectivity index (χ0) is 15.7. The van der Waals surface area contributed by atoms with Gasteiger partial charge in [-0.2, -0.15) is 5.26 Å². The maximum Gasteiger partial charge on any atom is 0.269 e. The van der Waals surface area contributed by atoms with Crippen molar-refractivity contribution in [3.8, 4) is 6.07 Å². The Bertz CT molecular complexity index is 670. The zero-order valence-corrected chi connectivity index (χ0v) is 10.8. The average molecular weight is 282 g/mol. The molecule has 0 bridgehead atoms. The molecule has 0 saturated heterocycles. The molecule has 0 aliphatic heterocycles. The number of carbonyl (C=O) groups excluding carboxylic acids is 2. The lowest BCUT2D eigenvalue weighted by Gasteiger charge is -1.89. The number of nitrogens with zero attached hydrogens (tertiary/aromatic N) is 2. The van der Waals surface area contributed by atoms with Gasteiger partial charge in [0.25, 0.3) is 5.69 Å². The third kappa shape index (κ3) is 5.04. The molecule has 0 fully saturated rings. The highest BCUT2D eigenvalue weighted by Gasteiger charge is 2.02. The monoisotopic (exact) mass is 282 g/mol. The number of carbonyl (C=O) groups is 2. The minimum Gasteiger partial charge on any atom is -0.298 e. The van der Waals surface area contributed by atoms with E-state index < -0.39 is 4.92 Å². The Balaban J connectivity index is 0.000000211. The van der Waals surface area contributed by atoms with Gasteiger partial charge >= 0.3 is 0 Å². The van der Waals surface area contributed by atoms with Crippen molar-refractivity contribution in [1.29, 1.82) is 5.26 Å². The maximum atomic E-state index is 10.1. The highest BCUT2D eigenvalue weighted by Crippen LogP contribution is 2.10. The second-order valence-electron chi connectivity index (χ2n) is 3.82. The van der Waals surface area contributed by atoms with Crippen LogP contribution in [0.1, 0.15) is 26.3 Å². The van der Waals surface area contributed by atoms with Crippen LogP contribution in [0.4, 0.5) is 5.69 Å². The van der Waals surface area contributed by atoms with Crippen LogP contribution < -0.4 is 0 Å². The Labute approximate surface area is 120 Å². The van der Waals surface area contributed by atoms with Crippen LogP contribution >= 0.6 is 0 Å². The number of nitro benzene ring substituents is 1. The van der Waals surface area contributed by atoms with Gasteiger partial charge in [-0.05, 0) is 24.3 Å². The smallest absolute Gasteiger partial charge is 0.269 e. The van der Waals surface area contributed by atoms with E-state index in [9.17, 15) is 19.7 Å². The SMILES string of the molecule is N#Cc1ccc(C=O)cc1.O=Cc1ccc([N+](=O)[O-])cc1. The Hall–Kier alpha value is -3.33. The summed E-state index contributed by atoms with van der Waals surface area (Å²) in [5.41, 5.74) is 1.61. The molecular weight excluding hydrogens is 272 g/mol. The molecule has 2 rings (SSSR count). The van der Waals surface area contributed by atoms with Crippen LogP contribution in [0.15, 0.2) is 48.5 Å². The molecule has 6 nitrogen and oxygen atoms in total. The van der Waals surface area contributed by atoms with E-state index in [4.69, 9.17) is 5.26 Å². The first kappa shape index (κ1) is 15.7. The summed E-state index contributed by atoms with van der Waals surface area (Å²) in [7, 11) is 0. The van der Waals surface area contributed by atoms with Crippen molar-refractivity contribution in [3.05, 3.63) is 75.3 Å². The van der Waals surface area contributed by atoms with Gasteiger partial charge < -0.3 is 0 Å². The highest BCUT2D eigenvalue weighted by molar-refractivity contribution is 5.75. The van der Waals surface area contributed by atoms with Gasteiger partial charge in [0.2, 0.25) is 0 Å². The Morgan fingerprint density at radius 3 is 1.67 bits per heavy atom. The topological polar surface area (TPSA) is 101 Å². The van der Waals surface area contributed by atoms with Gasteiger partial charge in [-0.1, -0.05) is 12.1 Å². The number of non-ortho nitro benzene ring substituents is 1. The van der Waals surface area contributed by atoms with Crippen LogP contribution in [0.5, 0.6) is 0 Å². The van der Waals surface area contributed by atoms with Gasteiger partial charge in [-0.25, -0.2) is 0 Å². The quantitative estimate of drug-likeness (QED) is 0.489. The number of benzene rings is 2. The summed E-state index contributed by atoms with van der Waals surface area (Å²) < 4.78 is 0. The van der Waals surface area contributed by atoms with Gasteiger partial charge in [0.05, 0.1) is 16.6 Å². The number of rotatable bonds is 3. The largest absolute Gasteiger partial charge is 0.298 e. The number of hydrogen-bond donors (Lipinski definition) is 0. The first-order valence-electron chi connectivity index (χ1n) is 5.75. The molecule has 2 aromatic rings. The molecule has 21 heavy (non-hydrogen) atoms. The summed E-state index contributed by atoms with van der Waals surface area (Å²) in [5, 5.41) is 18.5.